The van der Waals surface area contributed by atoms with Gasteiger partial charge >= 0.3 is 5.97 Å². The van der Waals surface area contributed by atoms with Gasteiger partial charge in [0, 0.05) is 19.0 Å². The molecular formula is C17H21NO5. The molecule has 0 N–H and O–H groups in total. The first-order chi connectivity index (χ1) is 11.2. The van der Waals surface area contributed by atoms with Gasteiger partial charge in [-0.3, -0.25) is 9.59 Å². The van der Waals surface area contributed by atoms with Crippen molar-refractivity contribution in [1.29, 1.82) is 0 Å². The van der Waals surface area contributed by atoms with Crippen LogP contribution in [0.1, 0.15) is 31.2 Å². The van der Waals surface area contributed by atoms with Crippen LogP contribution >= 0.6 is 0 Å². The third-order valence-electron chi connectivity index (χ3n) is 4.39. The van der Waals surface area contributed by atoms with E-state index in [0.717, 1.165) is 30.6 Å². The van der Waals surface area contributed by atoms with Crippen LogP contribution in [0.4, 0.5) is 0 Å². The first kappa shape index (κ1) is 15.6. The van der Waals surface area contributed by atoms with Crippen molar-refractivity contribution < 1.29 is 23.8 Å². The number of methoxy groups -OCH3 is 1. The summed E-state index contributed by atoms with van der Waals surface area (Å²) in [5.41, 5.74) is 0.965. The van der Waals surface area contributed by atoms with Crippen LogP contribution < -0.4 is 9.47 Å². The fraction of sp³-hybridized carbons (Fsp3) is 0.529. The molecule has 1 amide bonds. The van der Waals surface area contributed by atoms with Crippen molar-refractivity contribution >= 4 is 11.9 Å². The number of hydrogen-bond donors (Lipinski definition) is 0. The second kappa shape index (κ2) is 6.89. The molecule has 0 saturated heterocycles. The number of rotatable bonds is 6. The standard InChI is InChI=1S/C17H21NO5/c1-21-16(19)7-8-18(17(20)13-3-2-4-13)10-12-5-6-14-15(9-12)23-11-22-14/h5-6,9,13H,2-4,7-8,10-11H2,1H3. The number of nitrogens with zero attached hydrogens (tertiary/aromatic N) is 1. The highest BCUT2D eigenvalue weighted by atomic mass is 16.7. The molecule has 0 atom stereocenters. The average Bonchev–Trinajstić information content (AvgIpc) is 2.96. The van der Waals surface area contributed by atoms with Gasteiger partial charge in [-0.15, -0.1) is 0 Å². The quantitative estimate of drug-likeness (QED) is 0.751. The molecule has 6 nitrogen and oxygen atoms in total. The Bertz CT molecular complexity index is 597. The molecular weight excluding hydrogens is 298 g/mol. The lowest BCUT2D eigenvalue weighted by molar-refractivity contribution is -0.143. The van der Waals surface area contributed by atoms with Crippen LogP contribution in [0, 0.1) is 5.92 Å². The smallest absolute Gasteiger partial charge is 0.307 e. The van der Waals surface area contributed by atoms with Crippen LogP contribution in [0.15, 0.2) is 18.2 Å². The van der Waals surface area contributed by atoms with Gasteiger partial charge in [0.15, 0.2) is 11.5 Å². The van der Waals surface area contributed by atoms with Gasteiger partial charge in [-0.1, -0.05) is 12.5 Å². The van der Waals surface area contributed by atoms with Gasteiger partial charge in [0.1, 0.15) is 0 Å². The summed E-state index contributed by atoms with van der Waals surface area (Å²) >= 11 is 0. The van der Waals surface area contributed by atoms with E-state index in [1.165, 1.54) is 7.11 Å². The normalized spacial score (nSPS) is 15.9. The van der Waals surface area contributed by atoms with Crippen LogP contribution in [0.2, 0.25) is 0 Å². The molecule has 0 bridgehead atoms. The van der Waals surface area contributed by atoms with Gasteiger partial charge < -0.3 is 19.1 Å². The van der Waals surface area contributed by atoms with E-state index >= 15 is 0 Å². The summed E-state index contributed by atoms with van der Waals surface area (Å²) in [4.78, 5) is 25.7. The SMILES string of the molecule is COC(=O)CCN(Cc1ccc2c(c1)OCO2)C(=O)C1CCC1. The van der Waals surface area contributed by atoms with E-state index in [-0.39, 0.29) is 31.0 Å². The zero-order chi connectivity index (χ0) is 16.2. The molecule has 3 rings (SSSR count). The van der Waals surface area contributed by atoms with Crippen molar-refractivity contribution in [3.05, 3.63) is 23.8 Å². The predicted molar refractivity (Wildman–Crippen MR) is 82.0 cm³/mol. The van der Waals surface area contributed by atoms with E-state index in [2.05, 4.69) is 4.74 Å². The molecule has 1 aliphatic carbocycles. The number of ether oxygens (including phenoxy) is 3. The minimum Gasteiger partial charge on any atom is -0.469 e. The fourth-order valence-electron chi connectivity index (χ4n) is 2.77. The molecule has 124 valence electrons. The molecule has 23 heavy (non-hydrogen) atoms. The Morgan fingerprint density at radius 3 is 2.74 bits per heavy atom. The molecule has 1 saturated carbocycles. The minimum absolute atomic E-state index is 0.0988. The fourth-order valence-corrected chi connectivity index (χ4v) is 2.77. The number of hydrogen-bond acceptors (Lipinski definition) is 5. The molecule has 2 aliphatic rings. The molecule has 1 aliphatic heterocycles. The maximum atomic E-state index is 12.6. The van der Waals surface area contributed by atoms with Gasteiger partial charge in [-0.05, 0) is 30.5 Å². The maximum absolute atomic E-state index is 12.6. The Morgan fingerprint density at radius 2 is 2.04 bits per heavy atom. The van der Waals surface area contributed by atoms with Gasteiger partial charge in [0.05, 0.1) is 13.5 Å². The average molecular weight is 319 g/mol. The van der Waals surface area contributed by atoms with Gasteiger partial charge in [-0.2, -0.15) is 0 Å². The lowest BCUT2D eigenvalue weighted by Gasteiger charge is -2.31. The first-order valence-electron chi connectivity index (χ1n) is 7.91. The van der Waals surface area contributed by atoms with Gasteiger partial charge in [-0.25, -0.2) is 0 Å². The van der Waals surface area contributed by atoms with Crippen LogP contribution in [-0.2, 0) is 20.9 Å². The lowest BCUT2D eigenvalue weighted by Crippen LogP contribution is -2.39. The van der Waals surface area contributed by atoms with E-state index in [1.54, 1.807) is 4.90 Å². The van der Waals surface area contributed by atoms with Crippen LogP contribution in [0.3, 0.4) is 0 Å². The summed E-state index contributed by atoms with van der Waals surface area (Å²) in [6.45, 7) is 1.06. The van der Waals surface area contributed by atoms with Crippen molar-refractivity contribution in [2.45, 2.75) is 32.2 Å². The molecule has 0 spiro atoms. The van der Waals surface area contributed by atoms with Gasteiger partial charge in [0.2, 0.25) is 12.7 Å². The molecule has 1 aromatic carbocycles. The molecule has 0 aromatic heterocycles. The Hall–Kier alpha value is -2.24. The molecule has 0 radical (unpaired) electrons. The second-order valence-electron chi connectivity index (χ2n) is 5.90. The summed E-state index contributed by atoms with van der Waals surface area (Å²) < 4.78 is 15.4. The Morgan fingerprint density at radius 1 is 1.26 bits per heavy atom. The number of amides is 1. The van der Waals surface area contributed by atoms with Crippen molar-refractivity contribution in [3.8, 4) is 11.5 Å². The predicted octanol–water partition coefficient (Wildman–Crippen LogP) is 2.11. The van der Waals surface area contributed by atoms with Crippen LogP contribution in [-0.4, -0.2) is 37.2 Å². The summed E-state index contributed by atoms with van der Waals surface area (Å²) in [6, 6.07) is 5.66. The third-order valence-corrected chi connectivity index (χ3v) is 4.39. The minimum atomic E-state index is -0.304. The van der Waals surface area contributed by atoms with E-state index < -0.39 is 0 Å². The Kier molecular flexibility index (Phi) is 4.69. The topological polar surface area (TPSA) is 65.1 Å². The highest BCUT2D eigenvalue weighted by Gasteiger charge is 2.30. The van der Waals surface area contributed by atoms with E-state index in [0.29, 0.717) is 18.8 Å². The second-order valence-corrected chi connectivity index (χ2v) is 5.90. The van der Waals surface area contributed by atoms with Crippen LogP contribution in [0.5, 0.6) is 11.5 Å². The van der Waals surface area contributed by atoms with E-state index in [4.69, 9.17) is 9.47 Å². The number of fused-ring (bicyclic) bond motifs is 1. The largest absolute Gasteiger partial charge is 0.469 e. The number of benzene rings is 1. The zero-order valence-corrected chi connectivity index (χ0v) is 13.2. The molecule has 1 aromatic rings. The highest BCUT2D eigenvalue weighted by Crippen LogP contribution is 2.33. The number of esters is 1. The molecule has 1 fully saturated rings. The summed E-state index contributed by atoms with van der Waals surface area (Å²) in [7, 11) is 1.36. The zero-order valence-electron chi connectivity index (χ0n) is 13.2. The van der Waals surface area contributed by atoms with Crippen LogP contribution in [0.25, 0.3) is 0 Å². The van der Waals surface area contributed by atoms with Crippen molar-refractivity contribution in [1.82, 2.24) is 4.90 Å². The summed E-state index contributed by atoms with van der Waals surface area (Å²) in [5, 5.41) is 0. The number of carbonyl (C=O) groups is 2. The van der Waals surface area contributed by atoms with E-state index in [9.17, 15) is 9.59 Å². The summed E-state index contributed by atoms with van der Waals surface area (Å²) in [6.07, 6.45) is 3.19. The summed E-state index contributed by atoms with van der Waals surface area (Å²) in [5.74, 6) is 1.34. The Balaban J connectivity index is 1.69. The molecule has 6 heteroatoms. The van der Waals surface area contributed by atoms with E-state index in [1.807, 2.05) is 18.2 Å². The first-order valence-corrected chi connectivity index (χ1v) is 7.91. The molecule has 1 heterocycles. The van der Waals surface area contributed by atoms with Crippen molar-refractivity contribution in [2.75, 3.05) is 20.4 Å². The van der Waals surface area contributed by atoms with Gasteiger partial charge in [0.25, 0.3) is 0 Å². The van der Waals surface area contributed by atoms with Crippen molar-refractivity contribution in [3.63, 3.8) is 0 Å². The lowest BCUT2D eigenvalue weighted by atomic mass is 9.84. The van der Waals surface area contributed by atoms with Crippen molar-refractivity contribution in [2.24, 2.45) is 5.92 Å². The molecule has 0 unspecified atom stereocenters. The Labute approximate surface area is 135 Å². The maximum Gasteiger partial charge on any atom is 0.307 e. The monoisotopic (exact) mass is 319 g/mol. The third kappa shape index (κ3) is 3.57. The highest BCUT2D eigenvalue weighted by molar-refractivity contribution is 5.80. The number of carbonyl (C=O) groups excluding carboxylic acids is 2.